The molecule has 5 aliphatic carbocycles. The monoisotopic (exact) mass is 567 g/mol. The molecule has 0 spiro atoms. The van der Waals surface area contributed by atoms with Crippen molar-refractivity contribution < 1.29 is 19.1 Å². The van der Waals surface area contributed by atoms with E-state index in [1.165, 1.54) is 25.5 Å². The molecule has 10 atom stereocenters. The first-order valence-corrected chi connectivity index (χ1v) is 16.6. The van der Waals surface area contributed by atoms with Crippen LogP contribution in [0, 0.1) is 62.6 Å². The summed E-state index contributed by atoms with van der Waals surface area (Å²) >= 11 is 0. The minimum atomic E-state index is -0.624. The first-order valence-electron chi connectivity index (χ1n) is 16.6. The molecule has 5 saturated carbocycles. The Morgan fingerprint density at radius 1 is 0.902 bits per heavy atom. The van der Waals surface area contributed by atoms with Gasteiger partial charge in [-0.05, 0) is 116 Å². The van der Waals surface area contributed by atoms with Crippen molar-refractivity contribution in [3.8, 4) is 0 Å². The molecule has 1 N–H and O–H groups in total. The number of methoxy groups -OCH3 is 1. The van der Waals surface area contributed by atoms with Gasteiger partial charge < -0.3 is 10.1 Å². The number of nitrogens with one attached hydrogen (secondary N) is 1. The third-order valence-electron chi connectivity index (χ3n) is 14.7. The second-order valence-electron chi connectivity index (χ2n) is 16.7. The quantitative estimate of drug-likeness (QED) is 0.275. The second kappa shape index (κ2) is 9.94. The highest BCUT2D eigenvalue weighted by Crippen LogP contribution is 2.77. The molecule has 1 amide bonds. The van der Waals surface area contributed by atoms with Crippen LogP contribution in [-0.2, 0) is 19.1 Å². The van der Waals surface area contributed by atoms with Crippen LogP contribution in [0.1, 0.15) is 120 Å². The second-order valence-corrected chi connectivity index (χ2v) is 16.7. The first kappa shape index (κ1) is 30.8. The van der Waals surface area contributed by atoms with Gasteiger partial charge in [-0.15, -0.1) is 0 Å². The number of esters is 1. The van der Waals surface area contributed by atoms with Crippen molar-refractivity contribution in [3.05, 3.63) is 12.2 Å². The number of Topliss-reactive ketones (excluding diaryl/α,β-unsaturated/α-hetero) is 1. The van der Waals surface area contributed by atoms with Crippen LogP contribution in [0.4, 0.5) is 0 Å². The number of hydrogen-bond acceptors (Lipinski definition) is 4. The largest absolute Gasteiger partial charge is 0.467 e. The van der Waals surface area contributed by atoms with Crippen LogP contribution in [0.25, 0.3) is 0 Å². The van der Waals surface area contributed by atoms with E-state index in [9.17, 15) is 14.4 Å². The summed E-state index contributed by atoms with van der Waals surface area (Å²) in [5.41, 5.74) is 0.987. The Morgan fingerprint density at radius 3 is 2.20 bits per heavy atom. The average Bonchev–Trinajstić information content (AvgIpc) is 3.30. The average molecular weight is 568 g/mol. The highest BCUT2D eigenvalue weighted by atomic mass is 16.5. The van der Waals surface area contributed by atoms with Gasteiger partial charge in [-0.2, -0.15) is 0 Å². The Hall–Kier alpha value is -1.65. The summed E-state index contributed by atoms with van der Waals surface area (Å²) in [6.07, 6.45) is 10.1. The Labute approximate surface area is 249 Å². The molecule has 0 aromatic rings. The minimum Gasteiger partial charge on any atom is -0.467 e. The van der Waals surface area contributed by atoms with Crippen LogP contribution < -0.4 is 5.32 Å². The van der Waals surface area contributed by atoms with Crippen LogP contribution in [0.2, 0.25) is 0 Å². The lowest BCUT2D eigenvalue weighted by atomic mass is 9.32. The zero-order valence-corrected chi connectivity index (χ0v) is 27.5. The maximum absolute atomic E-state index is 14.4. The van der Waals surface area contributed by atoms with Crippen LogP contribution in [0.5, 0.6) is 0 Å². The molecule has 0 radical (unpaired) electrons. The molecule has 5 nitrogen and oxygen atoms in total. The Morgan fingerprint density at radius 2 is 1.59 bits per heavy atom. The van der Waals surface area contributed by atoms with E-state index < -0.39 is 11.5 Å². The van der Waals surface area contributed by atoms with Gasteiger partial charge in [-0.3, -0.25) is 9.59 Å². The number of rotatable bonds is 5. The van der Waals surface area contributed by atoms with Crippen LogP contribution in [0.15, 0.2) is 12.2 Å². The standard InChI is InChI=1S/C36H57NO4/c1-21(2)23-13-18-36(31(40)37-29(22(3)4)30(39)41-10)20-19-34(8)24(28(23)36)11-12-26-33(7)16-15-27(38)32(5,6)25(33)14-17-35(26,34)9/h22-26,28-29H,1,11-20H2,2-10H3,(H,37,40)/t23?,24?,25?,26?,28?,29-,33-,34-,35+,36-/m0/s1. The molecule has 0 aromatic heterocycles. The minimum absolute atomic E-state index is 0.0367. The van der Waals surface area contributed by atoms with E-state index in [1.54, 1.807) is 0 Å². The molecule has 0 aromatic carbocycles. The van der Waals surface area contributed by atoms with Crippen molar-refractivity contribution in [1.82, 2.24) is 5.32 Å². The molecular weight excluding hydrogens is 510 g/mol. The molecule has 0 bridgehead atoms. The predicted octanol–water partition coefficient (Wildman–Crippen LogP) is 7.53. The van der Waals surface area contributed by atoms with Crippen molar-refractivity contribution in [2.24, 2.45) is 62.6 Å². The Kier molecular flexibility index (Phi) is 7.47. The molecule has 230 valence electrons. The third-order valence-corrected chi connectivity index (χ3v) is 14.7. The van der Waals surface area contributed by atoms with Gasteiger partial charge in [-0.25, -0.2) is 4.79 Å². The zero-order valence-electron chi connectivity index (χ0n) is 27.5. The molecular formula is C36H57NO4. The maximum atomic E-state index is 14.4. The van der Waals surface area contributed by atoms with Gasteiger partial charge in [-0.1, -0.05) is 60.6 Å². The highest BCUT2D eigenvalue weighted by Gasteiger charge is 2.72. The summed E-state index contributed by atoms with van der Waals surface area (Å²) in [6.45, 7) is 22.7. The summed E-state index contributed by atoms with van der Waals surface area (Å²) in [6, 6.07) is -0.624. The number of allylic oxidation sites excluding steroid dienone is 1. The SMILES string of the molecule is C=C(C)C1CC[C@]2(C(=O)N[C@H](C(=O)OC)C(C)C)CC[C@@]3(C)C(CCC4[C@@]5(C)CCC(=O)C(C)(C)C5CC[C@]43C)C12. The van der Waals surface area contributed by atoms with Gasteiger partial charge in [0.2, 0.25) is 5.91 Å². The molecule has 0 saturated heterocycles. The molecule has 0 aliphatic heterocycles. The zero-order chi connectivity index (χ0) is 30.3. The normalized spacial score (nSPS) is 45.5. The lowest BCUT2D eigenvalue weighted by Crippen LogP contribution is -2.67. The fraction of sp³-hybridized carbons (Fsp3) is 0.861. The number of amides is 1. The van der Waals surface area contributed by atoms with Crippen molar-refractivity contribution in [3.63, 3.8) is 0 Å². The maximum Gasteiger partial charge on any atom is 0.328 e. The molecule has 41 heavy (non-hydrogen) atoms. The third kappa shape index (κ3) is 4.09. The van der Waals surface area contributed by atoms with E-state index in [0.717, 1.165) is 44.9 Å². The molecule has 5 aliphatic rings. The summed E-state index contributed by atoms with van der Waals surface area (Å²) in [5.74, 6) is 2.19. The van der Waals surface area contributed by atoms with Gasteiger partial charge in [0, 0.05) is 11.8 Å². The fourth-order valence-corrected chi connectivity index (χ4v) is 12.2. The smallest absolute Gasteiger partial charge is 0.328 e. The molecule has 5 unspecified atom stereocenters. The molecule has 5 heteroatoms. The van der Waals surface area contributed by atoms with E-state index in [-0.39, 0.29) is 45.4 Å². The number of fused-ring (bicyclic) bond motifs is 7. The van der Waals surface area contributed by atoms with Crippen molar-refractivity contribution in [2.75, 3.05) is 7.11 Å². The Balaban J connectivity index is 1.52. The fourth-order valence-electron chi connectivity index (χ4n) is 12.2. The number of ether oxygens (including phenoxy) is 1. The van der Waals surface area contributed by atoms with E-state index in [4.69, 9.17) is 4.74 Å². The summed E-state index contributed by atoms with van der Waals surface area (Å²) in [4.78, 5) is 40.1. The van der Waals surface area contributed by atoms with Crippen molar-refractivity contribution in [2.45, 2.75) is 126 Å². The summed E-state index contributed by atoms with van der Waals surface area (Å²) < 4.78 is 5.09. The van der Waals surface area contributed by atoms with Crippen LogP contribution in [0.3, 0.4) is 0 Å². The van der Waals surface area contributed by atoms with E-state index >= 15 is 0 Å². The van der Waals surface area contributed by atoms with Crippen LogP contribution >= 0.6 is 0 Å². The topological polar surface area (TPSA) is 72.5 Å². The van der Waals surface area contributed by atoms with E-state index in [0.29, 0.717) is 35.9 Å². The Bertz CT molecular complexity index is 1120. The van der Waals surface area contributed by atoms with Gasteiger partial charge in [0.25, 0.3) is 0 Å². The van der Waals surface area contributed by atoms with Gasteiger partial charge in [0.05, 0.1) is 12.5 Å². The summed E-state index contributed by atoms with van der Waals surface area (Å²) in [5, 5.41) is 3.21. The van der Waals surface area contributed by atoms with Gasteiger partial charge >= 0.3 is 5.97 Å². The molecule has 5 fully saturated rings. The molecule has 0 heterocycles. The molecule has 5 rings (SSSR count). The number of carbonyl (C=O) groups excluding carboxylic acids is 3. The lowest BCUT2D eigenvalue weighted by molar-refractivity contribution is -0.233. The van der Waals surface area contributed by atoms with Crippen molar-refractivity contribution in [1.29, 1.82) is 0 Å². The van der Waals surface area contributed by atoms with Crippen LogP contribution in [-0.4, -0.2) is 30.8 Å². The lowest BCUT2D eigenvalue weighted by Gasteiger charge is -2.72. The summed E-state index contributed by atoms with van der Waals surface area (Å²) in [7, 11) is 1.40. The first-order chi connectivity index (χ1) is 19.0. The van der Waals surface area contributed by atoms with E-state index in [1.807, 2.05) is 13.8 Å². The van der Waals surface area contributed by atoms with E-state index in [2.05, 4.69) is 53.4 Å². The number of hydrogen-bond donors (Lipinski definition) is 1. The van der Waals surface area contributed by atoms with Gasteiger partial charge in [0.1, 0.15) is 11.8 Å². The number of carbonyl (C=O) groups is 3. The highest BCUT2D eigenvalue weighted by molar-refractivity contribution is 5.89. The predicted molar refractivity (Wildman–Crippen MR) is 163 cm³/mol. The van der Waals surface area contributed by atoms with Gasteiger partial charge in [0.15, 0.2) is 0 Å². The number of ketones is 1. The van der Waals surface area contributed by atoms with Crippen molar-refractivity contribution >= 4 is 17.7 Å².